The van der Waals surface area contributed by atoms with Crippen molar-refractivity contribution in [3.8, 4) is 5.75 Å². The second-order valence-corrected chi connectivity index (χ2v) is 9.16. The number of hydrogen-bond donors (Lipinski definition) is 2. The lowest BCUT2D eigenvalue weighted by atomic mass is 10.1. The van der Waals surface area contributed by atoms with Crippen molar-refractivity contribution in [2.45, 2.75) is 23.8 Å². The number of nitrogens with one attached hydrogen (secondary N) is 2. The zero-order chi connectivity index (χ0) is 21.3. The number of carbonyl (C=O) groups excluding carboxylic acids is 1. The molecule has 0 fully saturated rings. The molecule has 0 spiro atoms. The summed E-state index contributed by atoms with van der Waals surface area (Å²) in [6.07, 6.45) is 1.40. The standard InChI is InChI=1S/C19H15F2N3O4S2.H2/c20-13-2-4-16(21)17(10-13)28-19(25)23-14-7-11-1-3-15(9-12(11)8-14)30(26,27)24-18-22-5-6-29-18;/h1-6,9-10,14H,7-8H2,(H,22,24)(H,23,25);1H. The van der Waals surface area contributed by atoms with E-state index in [1.165, 1.54) is 23.6 Å². The molecule has 1 heterocycles. The number of sulfonamides is 1. The first-order valence-corrected chi connectivity index (χ1v) is 11.1. The number of amides is 1. The Kier molecular flexibility index (Phi) is 5.39. The molecule has 1 unspecified atom stereocenters. The minimum Gasteiger partial charge on any atom is -0.407 e. The SMILES string of the molecule is O=C(NC1Cc2ccc(S(=O)(=O)Nc3nccs3)cc2C1)Oc1cc(F)ccc1F.[HH]. The fourth-order valence-electron chi connectivity index (χ4n) is 3.16. The van der Waals surface area contributed by atoms with E-state index < -0.39 is 33.5 Å². The Hall–Kier alpha value is -3.05. The van der Waals surface area contributed by atoms with Gasteiger partial charge in [0, 0.05) is 25.1 Å². The third-order valence-corrected chi connectivity index (χ3v) is 6.65. The van der Waals surface area contributed by atoms with Crippen LogP contribution in [-0.2, 0) is 22.9 Å². The number of benzene rings is 2. The van der Waals surface area contributed by atoms with E-state index in [-0.39, 0.29) is 17.5 Å². The maximum absolute atomic E-state index is 13.6. The Labute approximate surface area is 176 Å². The lowest BCUT2D eigenvalue weighted by Gasteiger charge is -2.12. The summed E-state index contributed by atoms with van der Waals surface area (Å²) in [5.41, 5.74) is 1.64. The van der Waals surface area contributed by atoms with Gasteiger partial charge in [0.15, 0.2) is 16.7 Å². The van der Waals surface area contributed by atoms with Crippen molar-refractivity contribution in [1.29, 1.82) is 0 Å². The average Bonchev–Trinajstić information content (AvgIpc) is 3.32. The van der Waals surface area contributed by atoms with E-state index in [4.69, 9.17) is 4.74 Å². The van der Waals surface area contributed by atoms with E-state index in [9.17, 15) is 22.0 Å². The first kappa shape index (κ1) is 20.2. The van der Waals surface area contributed by atoms with Crippen molar-refractivity contribution >= 4 is 32.6 Å². The number of halogens is 2. The van der Waals surface area contributed by atoms with E-state index in [2.05, 4.69) is 15.0 Å². The van der Waals surface area contributed by atoms with Crippen LogP contribution in [0.3, 0.4) is 0 Å². The van der Waals surface area contributed by atoms with Gasteiger partial charge in [0.05, 0.1) is 4.90 Å². The van der Waals surface area contributed by atoms with Crippen LogP contribution in [0.15, 0.2) is 52.9 Å². The van der Waals surface area contributed by atoms with Crippen LogP contribution in [0.25, 0.3) is 0 Å². The molecule has 2 N–H and O–H groups in total. The molecule has 30 heavy (non-hydrogen) atoms. The van der Waals surface area contributed by atoms with Crippen LogP contribution in [0.1, 0.15) is 12.6 Å². The van der Waals surface area contributed by atoms with Gasteiger partial charge in [-0.3, -0.25) is 4.72 Å². The van der Waals surface area contributed by atoms with Crippen molar-refractivity contribution in [3.05, 3.63) is 70.7 Å². The first-order chi connectivity index (χ1) is 14.3. The molecule has 11 heteroatoms. The normalized spacial score (nSPS) is 15.5. The number of hydrogen-bond acceptors (Lipinski definition) is 6. The monoisotopic (exact) mass is 453 g/mol. The molecular formula is C19H17F2N3O4S2. The van der Waals surface area contributed by atoms with Crippen LogP contribution in [0.5, 0.6) is 5.75 Å². The van der Waals surface area contributed by atoms with Gasteiger partial charge in [0.2, 0.25) is 0 Å². The predicted molar refractivity (Wildman–Crippen MR) is 108 cm³/mol. The summed E-state index contributed by atoms with van der Waals surface area (Å²) in [6, 6.07) is 6.92. The molecule has 1 atom stereocenters. The summed E-state index contributed by atoms with van der Waals surface area (Å²) in [7, 11) is -3.79. The maximum Gasteiger partial charge on any atom is 0.412 e. The number of anilines is 1. The smallest absolute Gasteiger partial charge is 0.407 e. The van der Waals surface area contributed by atoms with Crippen LogP contribution in [-0.4, -0.2) is 25.5 Å². The fourth-order valence-corrected chi connectivity index (χ4v) is 5.00. The summed E-state index contributed by atoms with van der Waals surface area (Å²) in [6.45, 7) is 0. The van der Waals surface area contributed by atoms with Gasteiger partial charge in [0.25, 0.3) is 10.0 Å². The van der Waals surface area contributed by atoms with Crippen LogP contribution in [0.4, 0.5) is 18.7 Å². The molecular weight excluding hydrogens is 436 g/mol. The number of aromatic nitrogens is 1. The molecule has 4 rings (SSSR count). The Balaban J connectivity index is 0.00000272. The molecule has 1 aliphatic rings. The highest BCUT2D eigenvalue weighted by atomic mass is 32.2. The third-order valence-electron chi connectivity index (χ3n) is 4.49. The van der Waals surface area contributed by atoms with Crippen LogP contribution < -0.4 is 14.8 Å². The number of thiazole rings is 1. The minimum atomic E-state index is -3.79. The largest absolute Gasteiger partial charge is 0.412 e. The highest BCUT2D eigenvalue weighted by Gasteiger charge is 2.26. The van der Waals surface area contributed by atoms with Crippen LogP contribution >= 0.6 is 11.3 Å². The van der Waals surface area contributed by atoms with Crippen molar-refractivity contribution in [2.24, 2.45) is 0 Å². The topological polar surface area (TPSA) is 97.4 Å². The molecule has 0 radical (unpaired) electrons. The van der Waals surface area contributed by atoms with E-state index in [0.29, 0.717) is 12.8 Å². The van der Waals surface area contributed by atoms with Gasteiger partial charge in [-0.1, -0.05) is 6.07 Å². The quantitative estimate of drug-likeness (QED) is 0.614. The number of ether oxygens (including phenoxy) is 1. The van der Waals surface area contributed by atoms with Gasteiger partial charge in [-0.25, -0.2) is 27.0 Å². The summed E-state index contributed by atoms with van der Waals surface area (Å²) in [4.78, 5) is 16.0. The predicted octanol–water partition coefficient (Wildman–Crippen LogP) is 3.72. The number of nitrogens with zero attached hydrogens (tertiary/aromatic N) is 1. The Morgan fingerprint density at radius 2 is 1.97 bits per heavy atom. The third kappa shape index (κ3) is 4.41. The highest BCUT2D eigenvalue weighted by Crippen LogP contribution is 2.27. The average molecular weight is 453 g/mol. The molecule has 7 nitrogen and oxygen atoms in total. The van der Waals surface area contributed by atoms with E-state index in [0.717, 1.165) is 29.3 Å². The van der Waals surface area contributed by atoms with E-state index in [1.54, 1.807) is 17.5 Å². The zero-order valence-corrected chi connectivity index (χ0v) is 16.9. The van der Waals surface area contributed by atoms with Crippen molar-refractivity contribution < 1.29 is 28.2 Å². The van der Waals surface area contributed by atoms with Crippen LogP contribution in [0.2, 0.25) is 0 Å². The van der Waals surface area contributed by atoms with Gasteiger partial charge in [-0.2, -0.15) is 0 Å². The Morgan fingerprint density at radius 1 is 1.17 bits per heavy atom. The van der Waals surface area contributed by atoms with Crippen molar-refractivity contribution in [2.75, 3.05) is 4.72 Å². The lowest BCUT2D eigenvalue weighted by molar-refractivity contribution is 0.194. The molecule has 1 aliphatic carbocycles. The molecule has 0 aliphatic heterocycles. The molecule has 3 aromatic rings. The number of carbonyl (C=O) groups is 1. The molecule has 0 bridgehead atoms. The first-order valence-electron chi connectivity index (χ1n) is 8.78. The second-order valence-electron chi connectivity index (χ2n) is 6.59. The lowest BCUT2D eigenvalue weighted by Crippen LogP contribution is -2.37. The molecule has 1 aromatic heterocycles. The fraction of sp³-hybridized carbons (Fsp3) is 0.158. The van der Waals surface area contributed by atoms with E-state index >= 15 is 0 Å². The van der Waals surface area contributed by atoms with Crippen molar-refractivity contribution in [3.63, 3.8) is 0 Å². The zero-order valence-electron chi connectivity index (χ0n) is 15.3. The van der Waals surface area contributed by atoms with Crippen LogP contribution in [0, 0.1) is 11.6 Å². The summed E-state index contributed by atoms with van der Waals surface area (Å²) < 4.78 is 59.1. The summed E-state index contributed by atoms with van der Waals surface area (Å²) in [5.74, 6) is -2.10. The highest BCUT2D eigenvalue weighted by molar-refractivity contribution is 7.93. The second kappa shape index (κ2) is 8.00. The van der Waals surface area contributed by atoms with Gasteiger partial charge < -0.3 is 10.1 Å². The van der Waals surface area contributed by atoms with Gasteiger partial charge in [0.1, 0.15) is 5.82 Å². The van der Waals surface area contributed by atoms with Gasteiger partial charge in [-0.15, -0.1) is 11.3 Å². The van der Waals surface area contributed by atoms with Gasteiger partial charge in [-0.05, 0) is 48.2 Å². The minimum absolute atomic E-state index is 0. The van der Waals surface area contributed by atoms with Crippen molar-refractivity contribution in [1.82, 2.24) is 10.3 Å². The Morgan fingerprint density at radius 3 is 2.73 bits per heavy atom. The summed E-state index contributed by atoms with van der Waals surface area (Å²) >= 11 is 1.17. The Bertz CT molecular complexity index is 1210. The summed E-state index contributed by atoms with van der Waals surface area (Å²) in [5, 5.41) is 4.52. The molecule has 1 amide bonds. The molecule has 158 valence electrons. The van der Waals surface area contributed by atoms with Gasteiger partial charge >= 0.3 is 6.09 Å². The number of rotatable bonds is 5. The number of fused-ring (bicyclic) bond motifs is 1. The molecule has 2 aromatic carbocycles. The van der Waals surface area contributed by atoms with E-state index in [1.807, 2.05) is 0 Å². The molecule has 0 saturated carbocycles. The molecule has 0 saturated heterocycles. The maximum atomic E-state index is 13.6.